The molecule has 1 N–H and O–H groups in total. The Labute approximate surface area is 118 Å². The van der Waals surface area contributed by atoms with Crippen molar-refractivity contribution in [2.45, 2.75) is 25.8 Å². The summed E-state index contributed by atoms with van der Waals surface area (Å²) < 4.78 is 5.63. The third-order valence-corrected chi connectivity index (χ3v) is 3.30. The number of carbonyl (C=O) groups is 2. The van der Waals surface area contributed by atoms with Crippen LogP contribution in [0.25, 0.3) is 0 Å². The fourth-order valence-corrected chi connectivity index (χ4v) is 2.16. The molecule has 1 fully saturated rings. The molecule has 0 radical (unpaired) electrons. The third-order valence-electron chi connectivity index (χ3n) is 3.30. The van der Waals surface area contributed by atoms with Gasteiger partial charge in [-0.15, -0.1) is 0 Å². The van der Waals surface area contributed by atoms with Gasteiger partial charge in [-0.2, -0.15) is 0 Å². The molecule has 0 saturated heterocycles. The van der Waals surface area contributed by atoms with Crippen molar-refractivity contribution in [1.82, 2.24) is 4.90 Å². The van der Waals surface area contributed by atoms with Gasteiger partial charge in [0.05, 0.1) is 12.1 Å². The van der Waals surface area contributed by atoms with Crippen LogP contribution in [0.3, 0.4) is 0 Å². The van der Waals surface area contributed by atoms with E-state index < -0.39 is 5.97 Å². The van der Waals surface area contributed by atoms with Gasteiger partial charge in [0.15, 0.2) is 5.78 Å². The maximum absolute atomic E-state index is 11.5. The molecule has 0 bridgehead atoms. The Bertz CT molecular complexity index is 496. The summed E-state index contributed by atoms with van der Waals surface area (Å²) in [6.45, 7) is 2.49. The molecule has 1 saturated carbocycles. The Morgan fingerprint density at radius 2 is 2.05 bits per heavy atom. The topological polar surface area (TPSA) is 66.8 Å². The van der Waals surface area contributed by atoms with E-state index in [9.17, 15) is 9.59 Å². The number of carbonyl (C=O) groups excluding carboxylic acids is 1. The van der Waals surface area contributed by atoms with Crippen LogP contribution < -0.4 is 4.74 Å². The van der Waals surface area contributed by atoms with Crippen LogP contribution in [-0.2, 0) is 4.79 Å². The lowest BCUT2D eigenvalue weighted by Gasteiger charge is -2.20. The van der Waals surface area contributed by atoms with E-state index in [0.717, 1.165) is 12.8 Å². The summed E-state index contributed by atoms with van der Waals surface area (Å²) in [5.41, 5.74) is 0.559. The van der Waals surface area contributed by atoms with E-state index in [1.807, 2.05) is 11.0 Å². The van der Waals surface area contributed by atoms with Gasteiger partial charge >= 0.3 is 5.97 Å². The third kappa shape index (κ3) is 4.06. The highest BCUT2D eigenvalue weighted by molar-refractivity contribution is 5.96. The molecule has 108 valence electrons. The van der Waals surface area contributed by atoms with Gasteiger partial charge in [0.1, 0.15) is 12.4 Å². The second kappa shape index (κ2) is 6.52. The summed E-state index contributed by atoms with van der Waals surface area (Å²) in [4.78, 5) is 24.2. The summed E-state index contributed by atoms with van der Waals surface area (Å²) in [5.74, 6) is -0.294. The Balaban J connectivity index is 1.88. The van der Waals surface area contributed by atoms with Gasteiger partial charge in [0, 0.05) is 12.6 Å². The highest BCUT2D eigenvalue weighted by atomic mass is 16.5. The normalized spacial score (nSPS) is 14.3. The standard InChI is InChI=1S/C15H19NO4/c1-11(17)13-4-2-3-5-14(13)20-9-8-16(10-15(18)19)12-6-7-12/h2-5,12H,6-10H2,1H3,(H,18,19). The highest BCUT2D eigenvalue weighted by Crippen LogP contribution is 2.26. The predicted octanol–water partition coefficient (Wildman–Crippen LogP) is 1.82. The predicted molar refractivity (Wildman–Crippen MR) is 74.2 cm³/mol. The van der Waals surface area contributed by atoms with Crippen molar-refractivity contribution in [2.75, 3.05) is 19.7 Å². The average molecular weight is 277 g/mol. The van der Waals surface area contributed by atoms with Gasteiger partial charge in [0.2, 0.25) is 0 Å². The molecule has 0 amide bonds. The molecule has 0 atom stereocenters. The van der Waals surface area contributed by atoms with E-state index in [0.29, 0.717) is 30.5 Å². The zero-order valence-corrected chi connectivity index (χ0v) is 11.5. The minimum absolute atomic E-state index is 0.0369. The Morgan fingerprint density at radius 3 is 2.65 bits per heavy atom. The first-order valence-electron chi connectivity index (χ1n) is 6.76. The molecule has 0 spiro atoms. The maximum Gasteiger partial charge on any atom is 0.317 e. The van der Waals surface area contributed by atoms with E-state index >= 15 is 0 Å². The molecule has 1 aromatic carbocycles. The second-order valence-electron chi connectivity index (χ2n) is 5.00. The Hall–Kier alpha value is -1.88. The number of carboxylic acid groups (broad SMARTS) is 1. The van der Waals surface area contributed by atoms with Gasteiger partial charge in [-0.3, -0.25) is 14.5 Å². The van der Waals surface area contributed by atoms with Gasteiger partial charge in [-0.1, -0.05) is 12.1 Å². The van der Waals surface area contributed by atoms with E-state index in [2.05, 4.69) is 0 Å². The van der Waals surface area contributed by atoms with E-state index in [1.54, 1.807) is 18.2 Å². The highest BCUT2D eigenvalue weighted by Gasteiger charge is 2.30. The van der Waals surface area contributed by atoms with Gasteiger partial charge in [-0.05, 0) is 31.9 Å². The number of ketones is 1. The summed E-state index contributed by atoms with van der Waals surface area (Å²) in [5, 5.41) is 8.87. The van der Waals surface area contributed by atoms with Crippen LogP contribution >= 0.6 is 0 Å². The Morgan fingerprint density at radius 1 is 1.35 bits per heavy atom. The lowest BCUT2D eigenvalue weighted by atomic mass is 10.1. The van der Waals surface area contributed by atoms with Crippen molar-refractivity contribution in [1.29, 1.82) is 0 Å². The van der Waals surface area contributed by atoms with Gasteiger partial charge < -0.3 is 9.84 Å². The number of rotatable bonds is 8. The van der Waals surface area contributed by atoms with Crippen molar-refractivity contribution in [3.8, 4) is 5.75 Å². The molecule has 2 rings (SSSR count). The van der Waals surface area contributed by atoms with Gasteiger partial charge in [-0.25, -0.2) is 0 Å². The smallest absolute Gasteiger partial charge is 0.317 e. The average Bonchev–Trinajstić information content (AvgIpc) is 3.21. The molecule has 1 aliphatic carbocycles. The second-order valence-corrected chi connectivity index (χ2v) is 5.00. The largest absolute Gasteiger partial charge is 0.491 e. The lowest BCUT2D eigenvalue weighted by molar-refractivity contribution is -0.138. The van der Waals surface area contributed by atoms with Crippen molar-refractivity contribution >= 4 is 11.8 Å². The monoisotopic (exact) mass is 277 g/mol. The summed E-state index contributed by atoms with van der Waals surface area (Å²) in [6.07, 6.45) is 2.11. The number of para-hydroxylation sites is 1. The number of nitrogens with zero attached hydrogens (tertiary/aromatic N) is 1. The van der Waals surface area contributed by atoms with Crippen LogP contribution in [0.1, 0.15) is 30.1 Å². The zero-order chi connectivity index (χ0) is 14.5. The molecule has 0 aliphatic heterocycles. The number of ether oxygens (including phenoxy) is 1. The molecule has 1 aromatic rings. The van der Waals surface area contributed by atoms with Crippen LogP contribution in [-0.4, -0.2) is 47.5 Å². The number of hydrogen-bond acceptors (Lipinski definition) is 4. The molecule has 5 nitrogen and oxygen atoms in total. The summed E-state index contributed by atoms with van der Waals surface area (Å²) in [7, 11) is 0. The van der Waals surface area contributed by atoms with Crippen LogP contribution in [0.2, 0.25) is 0 Å². The van der Waals surface area contributed by atoms with Crippen molar-refractivity contribution in [3.63, 3.8) is 0 Å². The first kappa shape index (κ1) is 14.5. The van der Waals surface area contributed by atoms with Crippen molar-refractivity contribution in [3.05, 3.63) is 29.8 Å². The molecule has 1 aliphatic rings. The molecule has 0 heterocycles. The number of Topliss-reactive ketones (excluding diaryl/α,β-unsaturated/α-hetero) is 1. The van der Waals surface area contributed by atoms with Crippen LogP contribution in [0.4, 0.5) is 0 Å². The molecule has 0 unspecified atom stereocenters. The summed E-state index contributed by atoms with van der Waals surface area (Å²) in [6, 6.07) is 7.48. The lowest BCUT2D eigenvalue weighted by Crippen LogP contribution is -2.35. The summed E-state index contributed by atoms with van der Waals surface area (Å²) >= 11 is 0. The molecular weight excluding hydrogens is 258 g/mol. The Kier molecular flexibility index (Phi) is 4.74. The van der Waals surface area contributed by atoms with E-state index in [-0.39, 0.29) is 12.3 Å². The van der Waals surface area contributed by atoms with Gasteiger partial charge in [0.25, 0.3) is 0 Å². The molecule has 0 aromatic heterocycles. The van der Waals surface area contributed by atoms with E-state index in [1.165, 1.54) is 6.92 Å². The van der Waals surface area contributed by atoms with E-state index in [4.69, 9.17) is 9.84 Å². The molecule has 5 heteroatoms. The molecular formula is C15H19NO4. The number of carboxylic acids is 1. The zero-order valence-electron chi connectivity index (χ0n) is 11.5. The fourth-order valence-electron chi connectivity index (χ4n) is 2.16. The van der Waals surface area contributed by atoms with Crippen molar-refractivity contribution in [2.24, 2.45) is 0 Å². The quantitative estimate of drug-likeness (QED) is 0.734. The number of hydrogen-bond donors (Lipinski definition) is 1. The SMILES string of the molecule is CC(=O)c1ccccc1OCCN(CC(=O)O)C1CC1. The van der Waals surface area contributed by atoms with Crippen LogP contribution in [0.5, 0.6) is 5.75 Å². The van der Waals surface area contributed by atoms with Crippen molar-refractivity contribution < 1.29 is 19.4 Å². The first-order chi connectivity index (χ1) is 9.58. The fraction of sp³-hybridized carbons (Fsp3) is 0.467. The maximum atomic E-state index is 11.5. The first-order valence-corrected chi connectivity index (χ1v) is 6.76. The van der Waals surface area contributed by atoms with Crippen LogP contribution in [0, 0.1) is 0 Å². The van der Waals surface area contributed by atoms with Crippen LogP contribution in [0.15, 0.2) is 24.3 Å². The minimum atomic E-state index is -0.818. The minimum Gasteiger partial charge on any atom is -0.491 e. The molecule has 20 heavy (non-hydrogen) atoms. The number of aliphatic carboxylic acids is 1. The number of benzene rings is 1.